The lowest BCUT2D eigenvalue weighted by atomic mass is 10.1. The summed E-state index contributed by atoms with van der Waals surface area (Å²) in [6.07, 6.45) is 2.43. The van der Waals surface area contributed by atoms with Crippen molar-refractivity contribution in [2.24, 2.45) is 0 Å². The topological polar surface area (TPSA) is 64.8 Å². The van der Waals surface area contributed by atoms with Gasteiger partial charge in [0.25, 0.3) is 5.91 Å². The highest BCUT2D eigenvalue weighted by Gasteiger charge is 2.37. The highest BCUT2D eigenvalue weighted by Crippen LogP contribution is 2.30. The van der Waals surface area contributed by atoms with Crippen molar-refractivity contribution in [3.05, 3.63) is 23.8 Å². The van der Waals surface area contributed by atoms with E-state index in [9.17, 15) is 4.79 Å². The van der Waals surface area contributed by atoms with Crippen LogP contribution in [0.2, 0.25) is 0 Å². The minimum atomic E-state index is -0.0600. The summed E-state index contributed by atoms with van der Waals surface area (Å²) in [5.74, 6) is 0.471. The van der Waals surface area contributed by atoms with Crippen LogP contribution in [0.15, 0.2) is 18.2 Å². The number of nitrogens with two attached hydrogens (primary N) is 1. The second kappa shape index (κ2) is 4.74. The van der Waals surface area contributed by atoms with E-state index in [1.807, 2.05) is 4.90 Å². The molecule has 2 saturated heterocycles. The monoisotopic (exact) mass is 262 g/mol. The number of hydrogen-bond acceptors (Lipinski definition) is 4. The minimum absolute atomic E-state index is 0.0600. The summed E-state index contributed by atoms with van der Waals surface area (Å²) in [7, 11) is 1.55. The van der Waals surface area contributed by atoms with E-state index in [1.54, 1.807) is 25.3 Å². The number of nitrogens with zero attached hydrogens (tertiary/aromatic N) is 1. The van der Waals surface area contributed by atoms with Gasteiger partial charge in [-0.25, -0.2) is 0 Å². The van der Waals surface area contributed by atoms with Crippen molar-refractivity contribution < 1.29 is 14.3 Å². The van der Waals surface area contributed by atoms with E-state index in [-0.39, 0.29) is 18.1 Å². The van der Waals surface area contributed by atoms with E-state index in [0.717, 1.165) is 12.8 Å². The Morgan fingerprint density at radius 1 is 1.37 bits per heavy atom. The van der Waals surface area contributed by atoms with Gasteiger partial charge in [0.15, 0.2) is 0 Å². The number of rotatable bonds is 2. The van der Waals surface area contributed by atoms with Crippen molar-refractivity contribution >= 4 is 11.6 Å². The molecular formula is C14H18N2O3. The SMILES string of the molecule is COc1cccc(N)c1C(=O)N1CC2CCC(C1)O2. The van der Waals surface area contributed by atoms with Gasteiger partial charge in [-0.15, -0.1) is 0 Å². The van der Waals surface area contributed by atoms with E-state index < -0.39 is 0 Å². The molecule has 0 spiro atoms. The van der Waals surface area contributed by atoms with Crippen molar-refractivity contribution in [1.82, 2.24) is 4.90 Å². The number of ether oxygens (including phenoxy) is 2. The van der Waals surface area contributed by atoms with Crippen LogP contribution in [-0.2, 0) is 4.74 Å². The van der Waals surface area contributed by atoms with Crippen molar-refractivity contribution in [1.29, 1.82) is 0 Å². The van der Waals surface area contributed by atoms with Crippen molar-refractivity contribution in [3.8, 4) is 5.75 Å². The molecule has 1 aromatic rings. The Bertz CT molecular complexity index is 491. The van der Waals surface area contributed by atoms with Gasteiger partial charge in [0.1, 0.15) is 11.3 Å². The summed E-state index contributed by atoms with van der Waals surface area (Å²) in [4.78, 5) is 14.5. The number of likely N-dealkylation sites (tertiary alicyclic amines) is 1. The van der Waals surface area contributed by atoms with Crippen LogP contribution in [0.3, 0.4) is 0 Å². The molecule has 0 radical (unpaired) electrons. The molecule has 1 amide bonds. The fraction of sp³-hybridized carbons (Fsp3) is 0.500. The zero-order valence-corrected chi connectivity index (χ0v) is 11.0. The molecule has 2 fully saturated rings. The van der Waals surface area contributed by atoms with Gasteiger partial charge >= 0.3 is 0 Å². The van der Waals surface area contributed by atoms with Gasteiger partial charge in [0, 0.05) is 18.8 Å². The molecule has 2 aliphatic rings. The molecule has 2 aliphatic heterocycles. The molecule has 2 bridgehead atoms. The summed E-state index contributed by atoms with van der Waals surface area (Å²) in [5.41, 5.74) is 6.86. The average Bonchev–Trinajstić information content (AvgIpc) is 2.76. The Morgan fingerprint density at radius 3 is 2.68 bits per heavy atom. The van der Waals surface area contributed by atoms with Crippen LogP contribution in [0.5, 0.6) is 5.75 Å². The Hall–Kier alpha value is -1.75. The normalized spacial score (nSPS) is 25.4. The molecule has 2 N–H and O–H groups in total. The molecule has 1 aromatic carbocycles. The number of carbonyl (C=O) groups excluding carboxylic acids is 1. The number of carbonyl (C=O) groups is 1. The molecule has 2 unspecified atom stereocenters. The number of amides is 1. The maximum Gasteiger partial charge on any atom is 0.259 e. The van der Waals surface area contributed by atoms with Gasteiger partial charge in [-0.1, -0.05) is 6.07 Å². The van der Waals surface area contributed by atoms with E-state index in [1.165, 1.54) is 0 Å². The van der Waals surface area contributed by atoms with Gasteiger partial charge in [-0.2, -0.15) is 0 Å². The number of nitrogen functional groups attached to an aromatic ring is 1. The first-order valence-corrected chi connectivity index (χ1v) is 6.56. The molecule has 5 nitrogen and oxygen atoms in total. The quantitative estimate of drug-likeness (QED) is 0.815. The molecule has 0 aromatic heterocycles. The second-order valence-corrected chi connectivity index (χ2v) is 5.09. The molecule has 0 saturated carbocycles. The van der Waals surface area contributed by atoms with Crippen LogP contribution in [0, 0.1) is 0 Å². The fourth-order valence-corrected chi connectivity index (χ4v) is 2.89. The number of morpholine rings is 1. The zero-order chi connectivity index (χ0) is 13.4. The lowest BCUT2D eigenvalue weighted by Gasteiger charge is -2.32. The summed E-state index contributed by atoms with van der Waals surface area (Å²) in [5, 5.41) is 0. The van der Waals surface area contributed by atoms with E-state index in [2.05, 4.69) is 0 Å². The summed E-state index contributed by atoms with van der Waals surface area (Å²) in [6, 6.07) is 5.28. The largest absolute Gasteiger partial charge is 0.496 e. The highest BCUT2D eigenvalue weighted by molar-refractivity contribution is 6.02. The van der Waals surface area contributed by atoms with E-state index in [4.69, 9.17) is 15.2 Å². The Morgan fingerprint density at radius 2 is 2.05 bits per heavy atom. The van der Waals surface area contributed by atoms with E-state index in [0.29, 0.717) is 30.1 Å². The van der Waals surface area contributed by atoms with Crippen LogP contribution in [0.25, 0.3) is 0 Å². The third-order valence-corrected chi connectivity index (χ3v) is 3.82. The van der Waals surface area contributed by atoms with Gasteiger partial charge < -0.3 is 20.1 Å². The Kier molecular flexibility index (Phi) is 3.06. The number of benzene rings is 1. The standard InChI is InChI=1S/C14H18N2O3/c1-18-12-4-2-3-11(15)13(12)14(17)16-7-9-5-6-10(8-16)19-9/h2-4,9-10H,5-8,15H2,1H3. The van der Waals surface area contributed by atoms with Crippen LogP contribution >= 0.6 is 0 Å². The summed E-state index contributed by atoms with van der Waals surface area (Å²) in [6.45, 7) is 1.29. The molecule has 102 valence electrons. The third kappa shape index (κ3) is 2.14. The Labute approximate surface area is 112 Å². The van der Waals surface area contributed by atoms with Gasteiger partial charge in [0.05, 0.1) is 19.3 Å². The first kappa shape index (κ1) is 12.3. The second-order valence-electron chi connectivity index (χ2n) is 5.09. The van der Waals surface area contributed by atoms with Crippen molar-refractivity contribution in [2.45, 2.75) is 25.0 Å². The zero-order valence-electron chi connectivity index (χ0n) is 11.0. The molecule has 5 heteroatoms. The van der Waals surface area contributed by atoms with Gasteiger partial charge in [0.2, 0.25) is 0 Å². The van der Waals surface area contributed by atoms with Gasteiger partial charge in [-0.05, 0) is 25.0 Å². The molecular weight excluding hydrogens is 244 g/mol. The van der Waals surface area contributed by atoms with Crippen LogP contribution in [0.4, 0.5) is 5.69 Å². The highest BCUT2D eigenvalue weighted by atomic mass is 16.5. The maximum atomic E-state index is 12.6. The van der Waals surface area contributed by atoms with Crippen molar-refractivity contribution in [2.75, 3.05) is 25.9 Å². The maximum absolute atomic E-state index is 12.6. The van der Waals surface area contributed by atoms with Crippen LogP contribution < -0.4 is 10.5 Å². The van der Waals surface area contributed by atoms with Crippen molar-refractivity contribution in [3.63, 3.8) is 0 Å². The van der Waals surface area contributed by atoms with Gasteiger partial charge in [-0.3, -0.25) is 4.79 Å². The molecule has 3 rings (SSSR count). The van der Waals surface area contributed by atoms with Crippen LogP contribution in [0.1, 0.15) is 23.2 Å². The van der Waals surface area contributed by atoms with Crippen LogP contribution in [-0.4, -0.2) is 43.2 Å². The number of hydrogen-bond donors (Lipinski definition) is 1. The molecule has 2 atom stereocenters. The first-order chi connectivity index (χ1) is 9.19. The fourth-order valence-electron chi connectivity index (χ4n) is 2.89. The van der Waals surface area contributed by atoms with E-state index >= 15 is 0 Å². The number of anilines is 1. The predicted molar refractivity (Wildman–Crippen MR) is 71.2 cm³/mol. The minimum Gasteiger partial charge on any atom is -0.496 e. The predicted octanol–water partition coefficient (Wildman–Crippen LogP) is 1.28. The molecule has 2 heterocycles. The summed E-state index contributed by atoms with van der Waals surface area (Å²) < 4.78 is 11.0. The lowest BCUT2D eigenvalue weighted by molar-refractivity contribution is -0.0304. The lowest BCUT2D eigenvalue weighted by Crippen LogP contribution is -2.46. The molecule has 0 aliphatic carbocycles. The first-order valence-electron chi connectivity index (χ1n) is 6.56. The Balaban J connectivity index is 1.88. The average molecular weight is 262 g/mol. The number of methoxy groups -OCH3 is 1. The summed E-state index contributed by atoms with van der Waals surface area (Å²) >= 11 is 0. The molecule has 19 heavy (non-hydrogen) atoms. The third-order valence-electron chi connectivity index (χ3n) is 3.82. The smallest absolute Gasteiger partial charge is 0.259 e. The number of fused-ring (bicyclic) bond motifs is 2.